The van der Waals surface area contributed by atoms with Crippen LogP contribution in [0.2, 0.25) is 5.02 Å². The van der Waals surface area contributed by atoms with Crippen LogP contribution in [0.15, 0.2) is 18.2 Å². The number of hydrogen-bond acceptors (Lipinski definition) is 2. The second-order valence-electron chi connectivity index (χ2n) is 2.11. The first kappa shape index (κ1) is 7.90. The van der Waals surface area contributed by atoms with E-state index in [-0.39, 0.29) is 12.2 Å². The van der Waals surface area contributed by atoms with Crippen LogP contribution in [0.5, 0.6) is 5.75 Å². The molecule has 0 heterocycles. The third-order valence-corrected chi connectivity index (χ3v) is 1.66. The van der Waals surface area contributed by atoms with Crippen LogP contribution in [-0.2, 0) is 6.42 Å². The van der Waals surface area contributed by atoms with Gasteiger partial charge in [-0.25, -0.2) is 0 Å². The Hall–Kier alpha value is -1.20. The van der Waals surface area contributed by atoms with Crippen LogP contribution in [0.3, 0.4) is 0 Å². The van der Waals surface area contributed by atoms with Gasteiger partial charge in [0.15, 0.2) is 0 Å². The maximum Gasteiger partial charge on any atom is 0.117 e. The highest BCUT2D eigenvalue weighted by Crippen LogP contribution is 2.21. The van der Waals surface area contributed by atoms with Crippen LogP contribution < -0.4 is 0 Å². The molecule has 11 heavy (non-hydrogen) atoms. The average molecular weight is 168 g/mol. The molecule has 0 aliphatic carbocycles. The molecule has 2 nitrogen and oxygen atoms in total. The molecular weight excluding hydrogens is 162 g/mol. The van der Waals surface area contributed by atoms with Crippen LogP contribution >= 0.6 is 11.6 Å². The Bertz CT molecular complexity index is 303. The monoisotopic (exact) mass is 167 g/mol. The molecule has 56 valence electrons. The minimum Gasteiger partial charge on any atom is -0.508 e. The lowest BCUT2D eigenvalue weighted by Crippen LogP contribution is -1.81. The zero-order valence-electron chi connectivity index (χ0n) is 5.71. The standard InChI is InChI=1S/C8H6ClNO/c9-8-5-7(11)2-1-6(8)3-4-10/h1-2,5,11H,3H2. The molecule has 0 spiro atoms. The van der Waals surface area contributed by atoms with Gasteiger partial charge in [-0.15, -0.1) is 0 Å². The van der Waals surface area contributed by atoms with Crippen molar-refractivity contribution in [2.45, 2.75) is 6.42 Å². The largest absolute Gasteiger partial charge is 0.508 e. The lowest BCUT2D eigenvalue weighted by molar-refractivity contribution is 0.475. The van der Waals surface area contributed by atoms with Crippen LogP contribution in [-0.4, -0.2) is 5.11 Å². The Labute approximate surface area is 69.7 Å². The lowest BCUT2D eigenvalue weighted by Gasteiger charge is -1.98. The average Bonchev–Trinajstić information content (AvgIpc) is 1.95. The molecule has 0 unspecified atom stereocenters. The number of benzene rings is 1. The smallest absolute Gasteiger partial charge is 0.117 e. The van der Waals surface area contributed by atoms with E-state index in [2.05, 4.69) is 0 Å². The molecule has 0 amide bonds. The van der Waals surface area contributed by atoms with Gasteiger partial charge in [-0.2, -0.15) is 5.26 Å². The van der Waals surface area contributed by atoms with Gasteiger partial charge in [0.2, 0.25) is 0 Å². The molecule has 0 bridgehead atoms. The van der Waals surface area contributed by atoms with Crippen molar-refractivity contribution in [2.24, 2.45) is 0 Å². The fourth-order valence-electron chi connectivity index (χ4n) is 0.765. The van der Waals surface area contributed by atoms with Crippen molar-refractivity contribution < 1.29 is 5.11 Å². The summed E-state index contributed by atoms with van der Waals surface area (Å²) < 4.78 is 0. The molecule has 0 atom stereocenters. The Morgan fingerprint density at radius 2 is 2.27 bits per heavy atom. The van der Waals surface area contributed by atoms with E-state index in [1.165, 1.54) is 12.1 Å². The fourth-order valence-corrected chi connectivity index (χ4v) is 1.01. The number of hydrogen-bond donors (Lipinski definition) is 1. The van der Waals surface area contributed by atoms with Crippen LogP contribution in [0.4, 0.5) is 0 Å². The summed E-state index contributed by atoms with van der Waals surface area (Å²) in [6, 6.07) is 6.56. The first-order valence-electron chi connectivity index (χ1n) is 3.08. The summed E-state index contributed by atoms with van der Waals surface area (Å²) in [5, 5.41) is 17.7. The molecule has 1 aromatic carbocycles. The van der Waals surface area contributed by atoms with E-state index < -0.39 is 0 Å². The fraction of sp³-hybridized carbons (Fsp3) is 0.125. The highest BCUT2D eigenvalue weighted by atomic mass is 35.5. The summed E-state index contributed by atoms with van der Waals surface area (Å²) in [7, 11) is 0. The molecule has 0 fully saturated rings. The van der Waals surface area contributed by atoms with E-state index in [0.29, 0.717) is 5.02 Å². The normalized spacial score (nSPS) is 9.09. The van der Waals surface area contributed by atoms with Crippen molar-refractivity contribution in [3.8, 4) is 11.8 Å². The second-order valence-corrected chi connectivity index (χ2v) is 2.52. The van der Waals surface area contributed by atoms with Crippen molar-refractivity contribution >= 4 is 11.6 Å². The van der Waals surface area contributed by atoms with Gasteiger partial charge >= 0.3 is 0 Å². The number of phenolic OH excluding ortho intramolecular Hbond substituents is 1. The molecule has 3 heteroatoms. The number of phenols is 1. The minimum absolute atomic E-state index is 0.122. The summed E-state index contributed by atoms with van der Waals surface area (Å²) in [6.07, 6.45) is 0.277. The number of halogens is 1. The molecule has 1 N–H and O–H groups in total. The molecular formula is C8H6ClNO. The quantitative estimate of drug-likeness (QED) is 0.696. The number of nitrogens with zero attached hydrogens (tertiary/aromatic N) is 1. The van der Waals surface area contributed by atoms with Gasteiger partial charge in [0.1, 0.15) is 5.75 Å². The zero-order chi connectivity index (χ0) is 8.27. The van der Waals surface area contributed by atoms with E-state index in [1.54, 1.807) is 6.07 Å². The zero-order valence-corrected chi connectivity index (χ0v) is 6.47. The van der Waals surface area contributed by atoms with E-state index in [4.69, 9.17) is 22.0 Å². The lowest BCUT2D eigenvalue weighted by atomic mass is 10.2. The van der Waals surface area contributed by atoms with E-state index in [9.17, 15) is 0 Å². The Morgan fingerprint density at radius 3 is 2.82 bits per heavy atom. The Morgan fingerprint density at radius 1 is 1.55 bits per heavy atom. The van der Waals surface area contributed by atoms with Gasteiger partial charge in [-0.1, -0.05) is 17.7 Å². The van der Waals surface area contributed by atoms with E-state index >= 15 is 0 Å². The van der Waals surface area contributed by atoms with Crippen molar-refractivity contribution in [3.05, 3.63) is 28.8 Å². The van der Waals surface area contributed by atoms with Crippen molar-refractivity contribution in [1.82, 2.24) is 0 Å². The van der Waals surface area contributed by atoms with Crippen LogP contribution in [0, 0.1) is 11.3 Å². The number of rotatable bonds is 1. The predicted molar refractivity (Wildman–Crippen MR) is 42.4 cm³/mol. The molecule has 0 aliphatic heterocycles. The molecule has 0 saturated heterocycles. The van der Waals surface area contributed by atoms with Gasteiger partial charge in [0, 0.05) is 5.02 Å². The highest BCUT2D eigenvalue weighted by molar-refractivity contribution is 6.31. The molecule has 0 radical (unpaired) electrons. The SMILES string of the molecule is N#CCc1ccc(O)cc1Cl. The van der Waals surface area contributed by atoms with Gasteiger partial charge < -0.3 is 5.11 Å². The van der Waals surface area contributed by atoms with Gasteiger partial charge in [-0.05, 0) is 17.7 Å². The van der Waals surface area contributed by atoms with Gasteiger partial charge in [0.25, 0.3) is 0 Å². The maximum atomic E-state index is 8.94. The van der Waals surface area contributed by atoms with Crippen LogP contribution in [0.1, 0.15) is 5.56 Å². The van der Waals surface area contributed by atoms with E-state index in [1.807, 2.05) is 6.07 Å². The summed E-state index contributed by atoms with van der Waals surface area (Å²) in [5.41, 5.74) is 0.743. The van der Waals surface area contributed by atoms with Crippen molar-refractivity contribution in [3.63, 3.8) is 0 Å². The summed E-state index contributed by atoms with van der Waals surface area (Å²) in [4.78, 5) is 0. The Kier molecular flexibility index (Phi) is 2.35. The summed E-state index contributed by atoms with van der Waals surface area (Å²) >= 11 is 5.70. The summed E-state index contributed by atoms with van der Waals surface area (Å²) in [6.45, 7) is 0. The predicted octanol–water partition coefficient (Wildman–Crippen LogP) is 2.11. The third kappa shape index (κ3) is 1.86. The van der Waals surface area contributed by atoms with Crippen LogP contribution in [0.25, 0.3) is 0 Å². The molecule has 0 aromatic heterocycles. The number of aromatic hydroxyl groups is 1. The van der Waals surface area contributed by atoms with Gasteiger partial charge in [0.05, 0.1) is 12.5 Å². The van der Waals surface area contributed by atoms with Crippen molar-refractivity contribution in [2.75, 3.05) is 0 Å². The third-order valence-electron chi connectivity index (χ3n) is 1.31. The molecule has 0 saturated carbocycles. The van der Waals surface area contributed by atoms with Crippen molar-refractivity contribution in [1.29, 1.82) is 5.26 Å². The molecule has 1 rings (SSSR count). The maximum absolute atomic E-state index is 8.94. The highest BCUT2D eigenvalue weighted by Gasteiger charge is 1.99. The second kappa shape index (κ2) is 3.27. The molecule has 1 aromatic rings. The molecule has 0 aliphatic rings. The van der Waals surface area contributed by atoms with E-state index in [0.717, 1.165) is 5.56 Å². The van der Waals surface area contributed by atoms with Gasteiger partial charge in [-0.3, -0.25) is 0 Å². The first-order chi connectivity index (χ1) is 5.24. The topological polar surface area (TPSA) is 44.0 Å². The minimum atomic E-state index is 0.122. The number of nitriles is 1. The Balaban J connectivity index is 3.01. The first-order valence-corrected chi connectivity index (χ1v) is 3.46. The summed E-state index contributed by atoms with van der Waals surface area (Å²) in [5.74, 6) is 0.122.